The van der Waals surface area contributed by atoms with E-state index in [0.29, 0.717) is 22.0 Å². The lowest BCUT2D eigenvalue weighted by Gasteiger charge is -2.29. The zero-order chi connectivity index (χ0) is 19.5. The lowest BCUT2D eigenvalue weighted by molar-refractivity contribution is -0.117. The second kappa shape index (κ2) is 7.90. The maximum Gasteiger partial charge on any atom is 0.263 e. The first-order chi connectivity index (χ1) is 13.6. The lowest BCUT2D eigenvalue weighted by atomic mass is 10.0. The van der Waals surface area contributed by atoms with Crippen molar-refractivity contribution in [2.75, 3.05) is 18.0 Å². The van der Waals surface area contributed by atoms with Gasteiger partial charge in [0.2, 0.25) is 5.91 Å². The second-order valence-electron chi connectivity index (χ2n) is 6.47. The standard InChI is InChI=1S/C21H18FN3O2S/c22-16-9-3-2-8-15(16)21-24-12-18(28-21)20(27)23-13-19(26)25-11-5-7-14-6-1-4-10-17(14)25/h1-4,6,8-10,12H,5,7,11,13H2,(H,23,27). The molecule has 1 aliphatic heterocycles. The summed E-state index contributed by atoms with van der Waals surface area (Å²) in [7, 11) is 0. The summed E-state index contributed by atoms with van der Waals surface area (Å²) < 4.78 is 13.9. The van der Waals surface area contributed by atoms with E-state index in [1.54, 1.807) is 23.1 Å². The molecule has 1 aromatic heterocycles. The molecule has 0 aliphatic carbocycles. The van der Waals surface area contributed by atoms with E-state index in [1.807, 2.05) is 24.3 Å². The molecule has 2 aromatic carbocycles. The Balaban J connectivity index is 1.42. The Morgan fingerprint density at radius 2 is 1.93 bits per heavy atom. The number of thiazole rings is 1. The van der Waals surface area contributed by atoms with Crippen LogP contribution in [0.1, 0.15) is 21.7 Å². The molecular formula is C21H18FN3O2S. The van der Waals surface area contributed by atoms with Crippen LogP contribution in [0.4, 0.5) is 10.1 Å². The molecule has 3 aromatic rings. The molecular weight excluding hydrogens is 377 g/mol. The average Bonchev–Trinajstić information content (AvgIpc) is 3.22. The van der Waals surface area contributed by atoms with Gasteiger partial charge >= 0.3 is 0 Å². The van der Waals surface area contributed by atoms with Crippen molar-refractivity contribution in [3.05, 3.63) is 71.0 Å². The number of aromatic nitrogens is 1. The van der Waals surface area contributed by atoms with Crippen LogP contribution in [0.25, 0.3) is 10.6 Å². The van der Waals surface area contributed by atoms with E-state index in [0.717, 1.165) is 35.4 Å². The summed E-state index contributed by atoms with van der Waals surface area (Å²) in [5.74, 6) is -0.930. The van der Waals surface area contributed by atoms with Gasteiger partial charge in [-0.2, -0.15) is 0 Å². The fraction of sp³-hybridized carbons (Fsp3) is 0.190. The largest absolute Gasteiger partial charge is 0.342 e. The van der Waals surface area contributed by atoms with Crippen LogP contribution in [0, 0.1) is 5.82 Å². The fourth-order valence-corrected chi connectivity index (χ4v) is 4.13. The summed E-state index contributed by atoms with van der Waals surface area (Å²) in [5, 5.41) is 3.08. The van der Waals surface area contributed by atoms with Crippen molar-refractivity contribution in [3.63, 3.8) is 0 Å². The number of hydrogen-bond donors (Lipinski definition) is 1. The van der Waals surface area contributed by atoms with Crippen molar-refractivity contribution in [2.45, 2.75) is 12.8 Å². The Kier molecular flexibility index (Phi) is 5.16. The van der Waals surface area contributed by atoms with Crippen LogP contribution in [0.15, 0.2) is 54.7 Å². The Bertz CT molecular complexity index is 1030. The van der Waals surface area contributed by atoms with Gasteiger partial charge in [-0.3, -0.25) is 9.59 Å². The third kappa shape index (κ3) is 3.66. The van der Waals surface area contributed by atoms with Crippen LogP contribution in [0.5, 0.6) is 0 Å². The van der Waals surface area contributed by atoms with Gasteiger partial charge in [0.15, 0.2) is 0 Å². The number of halogens is 1. The zero-order valence-corrected chi connectivity index (χ0v) is 15.8. The number of para-hydroxylation sites is 1. The first kappa shape index (κ1) is 18.3. The van der Waals surface area contributed by atoms with Crippen molar-refractivity contribution in [1.29, 1.82) is 0 Å². The second-order valence-corrected chi connectivity index (χ2v) is 7.50. The third-order valence-corrected chi connectivity index (χ3v) is 5.67. The number of carbonyl (C=O) groups excluding carboxylic acids is 2. The van der Waals surface area contributed by atoms with E-state index in [4.69, 9.17) is 0 Å². The van der Waals surface area contributed by atoms with Gasteiger partial charge in [0.05, 0.1) is 12.7 Å². The molecule has 1 N–H and O–H groups in total. The molecule has 0 unspecified atom stereocenters. The number of nitrogens with one attached hydrogen (secondary N) is 1. The van der Waals surface area contributed by atoms with Crippen LogP contribution >= 0.6 is 11.3 Å². The van der Waals surface area contributed by atoms with E-state index in [-0.39, 0.29) is 18.3 Å². The quantitative estimate of drug-likeness (QED) is 0.733. The summed E-state index contributed by atoms with van der Waals surface area (Å²) >= 11 is 1.10. The van der Waals surface area contributed by atoms with Crippen molar-refractivity contribution >= 4 is 28.8 Å². The maximum absolute atomic E-state index is 13.9. The summed E-state index contributed by atoms with van der Waals surface area (Å²) in [6, 6.07) is 14.1. The van der Waals surface area contributed by atoms with Crippen molar-refractivity contribution in [3.8, 4) is 10.6 Å². The smallest absolute Gasteiger partial charge is 0.263 e. The zero-order valence-electron chi connectivity index (χ0n) is 15.0. The van der Waals surface area contributed by atoms with E-state index < -0.39 is 5.91 Å². The van der Waals surface area contributed by atoms with Gasteiger partial charge in [0.1, 0.15) is 15.7 Å². The summed E-state index contributed by atoms with van der Waals surface area (Å²) in [6.45, 7) is 0.545. The number of rotatable bonds is 4. The van der Waals surface area contributed by atoms with E-state index >= 15 is 0 Å². The predicted molar refractivity (Wildman–Crippen MR) is 107 cm³/mol. The number of anilines is 1. The lowest BCUT2D eigenvalue weighted by Crippen LogP contribution is -2.42. The number of nitrogens with zero attached hydrogens (tertiary/aromatic N) is 2. The molecule has 0 fully saturated rings. The van der Waals surface area contributed by atoms with Crippen LogP contribution in [0.3, 0.4) is 0 Å². The summed E-state index contributed by atoms with van der Waals surface area (Å²) in [6.07, 6.45) is 3.26. The molecule has 7 heteroatoms. The first-order valence-corrected chi connectivity index (χ1v) is 9.82. The molecule has 5 nitrogen and oxygen atoms in total. The van der Waals surface area contributed by atoms with Crippen molar-refractivity contribution < 1.29 is 14.0 Å². The number of amides is 2. The Hall–Kier alpha value is -3.06. The molecule has 2 heterocycles. The fourth-order valence-electron chi connectivity index (χ4n) is 3.27. The van der Waals surface area contributed by atoms with E-state index in [1.165, 1.54) is 12.3 Å². The van der Waals surface area contributed by atoms with E-state index in [2.05, 4.69) is 10.3 Å². The SMILES string of the molecule is O=C(NCC(=O)N1CCCc2ccccc21)c1cnc(-c2ccccc2F)s1. The van der Waals surface area contributed by atoms with Gasteiger partial charge in [-0.1, -0.05) is 30.3 Å². The van der Waals surface area contributed by atoms with Crippen LogP contribution < -0.4 is 10.2 Å². The molecule has 4 rings (SSSR count). The third-order valence-electron chi connectivity index (χ3n) is 4.65. The van der Waals surface area contributed by atoms with Gasteiger partial charge in [0, 0.05) is 17.8 Å². The number of hydrogen-bond acceptors (Lipinski definition) is 4. The minimum Gasteiger partial charge on any atom is -0.342 e. The van der Waals surface area contributed by atoms with Crippen LogP contribution in [-0.2, 0) is 11.2 Å². The Morgan fingerprint density at radius 1 is 1.14 bits per heavy atom. The highest BCUT2D eigenvalue weighted by atomic mass is 32.1. The highest BCUT2D eigenvalue weighted by Gasteiger charge is 2.23. The van der Waals surface area contributed by atoms with Crippen molar-refractivity contribution in [2.24, 2.45) is 0 Å². The van der Waals surface area contributed by atoms with Gasteiger partial charge in [0.25, 0.3) is 5.91 Å². The minimum absolute atomic E-state index is 0.0971. The molecule has 0 saturated carbocycles. The molecule has 0 atom stereocenters. The summed E-state index contributed by atoms with van der Waals surface area (Å²) in [5.41, 5.74) is 2.41. The molecule has 0 saturated heterocycles. The molecule has 142 valence electrons. The van der Waals surface area contributed by atoms with Crippen LogP contribution in [-0.4, -0.2) is 29.9 Å². The molecule has 0 bridgehead atoms. The molecule has 28 heavy (non-hydrogen) atoms. The average molecular weight is 395 g/mol. The highest BCUT2D eigenvalue weighted by molar-refractivity contribution is 7.16. The van der Waals surface area contributed by atoms with Gasteiger partial charge < -0.3 is 10.2 Å². The Morgan fingerprint density at radius 3 is 2.79 bits per heavy atom. The molecule has 0 spiro atoms. The molecule has 2 amide bonds. The molecule has 1 aliphatic rings. The van der Waals surface area contributed by atoms with E-state index in [9.17, 15) is 14.0 Å². The summed E-state index contributed by atoms with van der Waals surface area (Å²) in [4.78, 5) is 31.2. The van der Waals surface area contributed by atoms with Crippen molar-refractivity contribution in [1.82, 2.24) is 10.3 Å². The topological polar surface area (TPSA) is 62.3 Å². The maximum atomic E-state index is 13.9. The minimum atomic E-state index is -0.390. The monoisotopic (exact) mass is 395 g/mol. The number of carbonyl (C=O) groups is 2. The van der Waals surface area contributed by atoms with Gasteiger partial charge in [-0.05, 0) is 36.6 Å². The molecule has 0 radical (unpaired) electrons. The number of fused-ring (bicyclic) bond motifs is 1. The van der Waals surface area contributed by atoms with Gasteiger partial charge in [-0.15, -0.1) is 11.3 Å². The highest BCUT2D eigenvalue weighted by Crippen LogP contribution is 2.28. The predicted octanol–water partition coefficient (Wildman–Crippen LogP) is 3.66. The number of benzene rings is 2. The number of aryl methyl sites for hydroxylation is 1. The first-order valence-electron chi connectivity index (χ1n) is 9.00. The Labute approximate surface area is 165 Å². The van der Waals surface area contributed by atoms with Crippen LogP contribution in [0.2, 0.25) is 0 Å². The normalized spacial score (nSPS) is 13.1. The van der Waals surface area contributed by atoms with Gasteiger partial charge in [-0.25, -0.2) is 9.37 Å².